The molecule has 0 aliphatic carbocycles. The molecule has 1 aromatic carbocycles. The minimum absolute atomic E-state index is 0.321. The maximum absolute atomic E-state index is 13.3. The molecule has 8 heteroatoms. The van der Waals surface area contributed by atoms with Crippen molar-refractivity contribution in [3.8, 4) is 17.3 Å². The molecule has 5 nitrogen and oxygen atoms in total. The van der Waals surface area contributed by atoms with Gasteiger partial charge in [0.05, 0.1) is 5.69 Å². The lowest BCUT2D eigenvalue weighted by atomic mass is 10.1. The van der Waals surface area contributed by atoms with E-state index in [0.29, 0.717) is 21.3 Å². The van der Waals surface area contributed by atoms with Crippen LogP contribution in [0, 0.1) is 17.1 Å². The summed E-state index contributed by atoms with van der Waals surface area (Å²) in [6.07, 6.45) is 2.73. The molecule has 3 heterocycles. The van der Waals surface area contributed by atoms with Crippen molar-refractivity contribution >= 4 is 43.9 Å². The van der Waals surface area contributed by atoms with Gasteiger partial charge in [-0.15, -0.1) is 0 Å². The van der Waals surface area contributed by atoms with Crippen molar-refractivity contribution < 1.29 is 4.39 Å². The van der Waals surface area contributed by atoms with Crippen molar-refractivity contribution in [2.24, 2.45) is 0 Å². The second-order valence-electron chi connectivity index (χ2n) is 6.16. The van der Waals surface area contributed by atoms with Crippen molar-refractivity contribution in [1.29, 1.82) is 5.26 Å². The van der Waals surface area contributed by atoms with E-state index in [1.165, 1.54) is 23.5 Å². The summed E-state index contributed by atoms with van der Waals surface area (Å²) < 4.78 is 16.2. The van der Waals surface area contributed by atoms with Crippen molar-refractivity contribution in [3.63, 3.8) is 0 Å². The number of rotatable bonds is 4. The van der Waals surface area contributed by atoms with Gasteiger partial charge in [-0.2, -0.15) is 5.26 Å². The second-order valence-corrected chi connectivity index (χ2v) is 8.06. The third kappa shape index (κ3) is 3.17. The van der Waals surface area contributed by atoms with Gasteiger partial charge in [-0.05, 0) is 58.7 Å². The van der Waals surface area contributed by atoms with E-state index in [-0.39, 0.29) is 5.82 Å². The quantitative estimate of drug-likeness (QED) is 0.404. The summed E-state index contributed by atoms with van der Waals surface area (Å²) in [6.45, 7) is 2.06. The summed E-state index contributed by atoms with van der Waals surface area (Å²) in [5.41, 5.74) is 3.06. The lowest BCUT2D eigenvalue weighted by molar-refractivity contribution is 0.628. The number of pyridine rings is 1. The fraction of sp³-hybridized carbons (Fsp3) is 0.150. The minimum Gasteiger partial charge on any atom is -0.305 e. The molecule has 0 unspecified atom stereocenters. The van der Waals surface area contributed by atoms with Crippen LogP contribution in [0.3, 0.4) is 0 Å². The van der Waals surface area contributed by atoms with Crippen LogP contribution in [0.25, 0.3) is 16.9 Å². The molecule has 28 heavy (non-hydrogen) atoms. The van der Waals surface area contributed by atoms with Gasteiger partial charge >= 0.3 is 0 Å². The number of halogens is 2. The molecular formula is C20H15BrFN5S. The Balaban J connectivity index is 1.84. The number of nitrogens with zero attached hydrogens (tertiary/aromatic N) is 5. The van der Waals surface area contributed by atoms with E-state index in [2.05, 4.69) is 33.9 Å². The predicted molar refractivity (Wildman–Crippen MR) is 113 cm³/mol. The van der Waals surface area contributed by atoms with Gasteiger partial charge in [0, 0.05) is 23.3 Å². The highest BCUT2D eigenvalue weighted by molar-refractivity contribution is 9.10. The van der Waals surface area contributed by atoms with Gasteiger partial charge in [0.1, 0.15) is 33.9 Å². The molecule has 3 aromatic heterocycles. The standard InChI is InChI=1S/C20H15BrFN5S/c1-3-15-19(27-11-13(21)6-9-17(27)24-15)26(2)20-25-18(16(10-23)28-20)12-4-7-14(22)8-5-12/h4-9,11H,3H2,1-2H3. The van der Waals surface area contributed by atoms with Crippen LogP contribution in [0.4, 0.5) is 15.3 Å². The Morgan fingerprint density at radius 3 is 2.64 bits per heavy atom. The first-order valence-electron chi connectivity index (χ1n) is 8.59. The van der Waals surface area contributed by atoms with Crippen LogP contribution in [0.5, 0.6) is 0 Å². The molecule has 140 valence electrons. The topological polar surface area (TPSA) is 57.2 Å². The Kier molecular flexibility index (Phi) is 4.87. The number of hydrogen-bond acceptors (Lipinski definition) is 5. The van der Waals surface area contributed by atoms with Gasteiger partial charge in [-0.3, -0.25) is 4.40 Å². The van der Waals surface area contributed by atoms with Crippen LogP contribution in [0.2, 0.25) is 0 Å². The van der Waals surface area contributed by atoms with Crippen molar-refractivity contribution in [1.82, 2.24) is 14.4 Å². The van der Waals surface area contributed by atoms with Crippen molar-refractivity contribution in [2.75, 3.05) is 11.9 Å². The zero-order valence-electron chi connectivity index (χ0n) is 15.1. The van der Waals surface area contributed by atoms with Crippen LogP contribution in [0.15, 0.2) is 47.1 Å². The van der Waals surface area contributed by atoms with E-state index >= 15 is 0 Å². The van der Waals surface area contributed by atoms with Crippen LogP contribution in [0.1, 0.15) is 17.5 Å². The monoisotopic (exact) mass is 455 g/mol. The number of anilines is 2. The zero-order valence-corrected chi connectivity index (χ0v) is 17.6. The Bertz CT molecular complexity index is 1210. The number of hydrogen-bond donors (Lipinski definition) is 0. The van der Waals surface area contributed by atoms with Gasteiger partial charge < -0.3 is 4.90 Å². The summed E-state index contributed by atoms with van der Waals surface area (Å²) in [5, 5.41) is 10.2. The van der Waals surface area contributed by atoms with Crippen LogP contribution in [-0.4, -0.2) is 21.4 Å². The average Bonchev–Trinajstić information content (AvgIpc) is 3.29. The number of aromatic nitrogens is 3. The molecule has 4 aromatic rings. The number of fused-ring (bicyclic) bond motifs is 1. The molecular weight excluding hydrogens is 441 g/mol. The smallest absolute Gasteiger partial charge is 0.192 e. The molecule has 0 spiro atoms. The third-order valence-corrected chi connectivity index (χ3v) is 5.91. The summed E-state index contributed by atoms with van der Waals surface area (Å²) >= 11 is 4.82. The molecule has 4 rings (SSSR count). The predicted octanol–water partition coefficient (Wildman–Crippen LogP) is 5.56. The molecule has 0 amide bonds. The molecule has 0 saturated carbocycles. The molecule has 0 aliphatic rings. The highest BCUT2D eigenvalue weighted by Crippen LogP contribution is 2.37. The third-order valence-electron chi connectivity index (χ3n) is 4.40. The molecule has 0 bridgehead atoms. The van der Waals surface area contributed by atoms with Crippen LogP contribution < -0.4 is 4.90 Å². The lowest BCUT2D eigenvalue weighted by Gasteiger charge is -2.17. The molecule has 0 radical (unpaired) electrons. The number of nitriles is 1. The zero-order chi connectivity index (χ0) is 19.8. The molecule has 0 saturated heterocycles. The number of thiazole rings is 1. The van der Waals surface area contributed by atoms with Gasteiger partial charge in [0.15, 0.2) is 5.13 Å². The Morgan fingerprint density at radius 1 is 1.21 bits per heavy atom. The first-order chi connectivity index (χ1) is 13.5. The highest BCUT2D eigenvalue weighted by atomic mass is 79.9. The fourth-order valence-corrected chi connectivity index (χ4v) is 4.26. The lowest BCUT2D eigenvalue weighted by Crippen LogP contribution is -2.13. The molecule has 0 N–H and O–H groups in total. The summed E-state index contributed by atoms with van der Waals surface area (Å²) in [4.78, 5) is 11.8. The first kappa shape index (κ1) is 18.6. The van der Waals surface area contributed by atoms with E-state index in [1.54, 1.807) is 12.1 Å². The minimum atomic E-state index is -0.321. The van der Waals surface area contributed by atoms with E-state index in [0.717, 1.165) is 28.1 Å². The Hall–Kier alpha value is -2.76. The van der Waals surface area contributed by atoms with Crippen molar-refractivity contribution in [3.05, 3.63) is 63.5 Å². The summed E-state index contributed by atoms with van der Waals surface area (Å²) in [6, 6.07) is 12.1. The fourth-order valence-electron chi connectivity index (χ4n) is 3.07. The molecule has 0 fully saturated rings. The average molecular weight is 456 g/mol. The number of aryl methyl sites for hydroxylation is 1. The highest BCUT2D eigenvalue weighted by Gasteiger charge is 2.21. The Labute approximate surface area is 173 Å². The van der Waals surface area contributed by atoms with Gasteiger partial charge in [0.2, 0.25) is 0 Å². The van der Waals surface area contributed by atoms with E-state index in [4.69, 9.17) is 4.98 Å². The number of imidazole rings is 1. The van der Waals surface area contributed by atoms with Gasteiger partial charge in [0.25, 0.3) is 0 Å². The largest absolute Gasteiger partial charge is 0.305 e. The van der Waals surface area contributed by atoms with E-state index in [9.17, 15) is 9.65 Å². The maximum Gasteiger partial charge on any atom is 0.192 e. The summed E-state index contributed by atoms with van der Waals surface area (Å²) in [5.74, 6) is 0.585. The van der Waals surface area contributed by atoms with Crippen LogP contribution in [-0.2, 0) is 6.42 Å². The van der Waals surface area contributed by atoms with E-state index in [1.807, 2.05) is 34.7 Å². The second kappa shape index (κ2) is 7.34. The van der Waals surface area contributed by atoms with Gasteiger partial charge in [-0.25, -0.2) is 14.4 Å². The Morgan fingerprint density at radius 2 is 1.96 bits per heavy atom. The van der Waals surface area contributed by atoms with E-state index < -0.39 is 0 Å². The SMILES string of the molecule is CCc1nc2ccc(Br)cn2c1N(C)c1nc(-c2ccc(F)cc2)c(C#N)s1. The maximum atomic E-state index is 13.3. The van der Waals surface area contributed by atoms with Gasteiger partial charge in [-0.1, -0.05) is 18.3 Å². The van der Waals surface area contributed by atoms with Crippen LogP contribution >= 0.6 is 27.3 Å². The summed E-state index contributed by atoms with van der Waals surface area (Å²) in [7, 11) is 1.91. The normalized spacial score (nSPS) is 11.0. The van der Waals surface area contributed by atoms with Crippen molar-refractivity contribution in [2.45, 2.75) is 13.3 Å². The molecule has 0 atom stereocenters. The molecule has 0 aliphatic heterocycles. The number of benzene rings is 1. The first-order valence-corrected chi connectivity index (χ1v) is 10.2.